The van der Waals surface area contributed by atoms with Gasteiger partial charge in [0.25, 0.3) is 10.0 Å². The first-order chi connectivity index (χ1) is 12.5. The zero-order valence-corrected chi connectivity index (χ0v) is 14.2. The van der Waals surface area contributed by atoms with E-state index in [0.717, 1.165) is 0 Å². The number of rotatable bonds is 6. The van der Waals surface area contributed by atoms with E-state index in [0.29, 0.717) is 11.4 Å². The third-order valence-electron chi connectivity index (χ3n) is 3.17. The summed E-state index contributed by atoms with van der Waals surface area (Å²) in [6, 6.07) is 10.7. The minimum absolute atomic E-state index is 0.0204. The Kier molecular flexibility index (Phi) is 5.09. The van der Waals surface area contributed by atoms with Crippen LogP contribution in [-0.4, -0.2) is 24.3 Å². The molecule has 1 aromatic carbocycles. The van der Waals surface area contributed by atoms with E-state index in [1.165, 1.54) is 55.1 Å². The van der Waals surface area contributed by atoms with Gasteiger partial charge in [0.1, 0.15) is 5.76 Å². The first kappa shape index (κ1) is 17.4. The summed E-state index contributed by atoms with van der Waals surface area (Å²) < 4.78 is 31.9. The standard InChI is InChI=1S/C17H14N4O4S/c22-16(9-6-14-3-1-12-25-14)20-13-4-7-15(8-5-13)26(23,24)21-17-18-10-2-11-19-17/h1-12H,(H,20,22)(H,18,19,21)/b9-6-. The average molecular weight is 370 g/mol. The molecule has 0 bridgehead atoms. The van der Waals surface area contributed by atoms with E-state index >= 15 is 0 Å². The molecule has 1 amide bonds. The van der Waals surface area contributed by atoms with E-state index in [9.17, 15) is 13.2 Å². The molecule has 0 aliphatic rings. The van der Waals surface area contributed by atoms with Crippen LogP contribution >= 0.6 is 0 Å². The first-order valence-electron chi connectivity index (χ1n) is 7.45. The van der Waals surface area contributed by atoms with Crippen LogP contribution in [0, 0.1) is 0 Å². The Morgan fingerprint density at radius 1 is 1.04 bits per heavy atom. The van der Waals surface area contributed by atoms with Crippen LogP contribution < -0.4 is 10.0 Å². The van der Waals surface area contributed by atoms with Crippen LogP contribution in [0.3, 0.4) is 0 Å². The van der Waals surface area contributed by atoms with E-state index in [1.807, 2.05) is 0 Å². The van der Waals surface area contributed by atoms with Crippen molar-refractivity contribution in [2.45, 2.75) is 4.90 Å². The number of benzene rings is 1. The molecule has 0 atom stereocenters. The predicted molar refractivity (Wildman–Crippen MR) is 95.7 cm³/mol. The van der Waals surface area contributed by atoms with E-state index in [-0.39, 0.29) is 16.8 Å². The summed E-state index contributed by atoms with van der Waals surface area (Å²) in [6.07, 6.45) is 7.21. The van der Waals surface area contributed by atoms with Gasteiger partial charge in [0.15, 0.2) is 0 Å². The van der Waals surface area contributed by atoms with Gasteiger partial charge in [-0.05, 0) is 48.5 Å². The number of hydrogen-bond donors (Lipinski definition) is 2. The molecule has 0 saturated carbocycles. The van der Waals surface area contributed by atoms with E-state index in [4.69, 9.17) is 4.42 Å². The van der Waals surface area contributed by atoms with Crippen LogP contribution in [0.2, 0.25) is 0 Å². The van der Waals surface area contributed by atoms with Crippen molar-refractivity contribution in [2.24, 2.45) is 0 Å². The molecule has 0 saturated heterocycles. The summed E-state index contributed by atoms with van der Waals surface area (Å²) in [7, 11) is -3.81. The lowest BCUT2D eigenvalue weighted by atomic mass is 10.3. The van der Waals surface area contributed by atoms with Crippen LogP contribution in [0.5, 0.6) is 0 Å². The third-order valence-corrected chi connectivity index (χ3v) is 4.51. The highest BCUT2D eigenvalue weighted by Crippen LogP contribution is 2.16. The zero-order chi connectivity index (χ0) is 18.4. The molecule has 3 aromatic rings. The molecule has 2 N–H and O–H groups in total. The number of aromatic nitrogens is 2. The fourth-order valence-electron chi connectivity index (χ4n) is 1.98. The topological polar surface area (TPSA) is 114 Å². The number of carbonyl (C=O) groups is 1. The van der Waals surface area contributed by atoms with Crippen molar-refractivity contribution in [1.82, 2.24) is 9.97 Å². The molecule has 2 aromatic heterocycles. The van der Waals surface area contributed by atoms with Gasteiger partial charge in [-0.1, -0.05) is 0 Å². The Labute approximate surface area is 149 Å². The Bertz CT molecular complexity index is 999. The van der Waals surface area contributed by atoms with Crippen molar-refractivity contribution in [3.63, 3.8) is 0 Å². The quantitative estimate of drug-likeness (QED) is 0.645. The lowest BCUT2D eigenvalue weighted by Crippen LogP contribution is -2.15. The Morgan fingerprint density at radius 2 is 1.77 bits per heavy atom. The minimum atomic E-state index is -3.81. The van der Waals surface area contributed by atoms with Crippen molar-refractivity contribution >= 4 is 33.6 Å². The summed E-state index contributed by atoms with van der Waals surface area (Å²) in [5.74, 6) is 0.163. The highest BCUT2D eigenvalue weighted by Gasteiger charge is 2.15. The number of amides is 1. The van der Waals surface area contributed by atoms with Gasteiger partial charge >= 0.3 is 0 Å². The van der Waals surface area contributed by atoms with Crippen molar-refractivity contribution in [3.05, 3.63) is 73.0 Å². The minimum Gasteiger partial charge on any atom is -0.465 e. The smallest absolute Gasteiger partial charge is 0.264 e. The molecular weight excluding hydrogens is 356 g/mol. The molecule has 0 spiro atoms. The Hall–Kier alpha value is -3.46. The lowest BCUT2D eigenvalue weighted by molar-refractivity contribution is -0.111. The highest BCUT2D eigenvalue weighted by atomic mass is 32.2. The summed E-state index contributed by atoms with van der Waals surface area (Å²) in [5, 5.41) is 2.63. The number of sulfonamides is 1. The van der Waals surface area contributed by atoms with Gasteiger partial charge in [-0.2, -0.15) is 0 Å². The number of carbonyl (C=O) groups excluding carboxylic acids is 1. The molecule has 3 rings (SSSR count). The molecule has 8 nitrogen and oxygen atoms in total. The van der Waals surface area contributed by atoms with Crippen molar-refractivity contribution in [1.29, 1.82) is 0 Å². The molecule has 0 radical (unpaired) electrons. The summed E-state index contributed by atoms with van der Waals surface area (Å²) in [6.45, 7) is 0. The molecule has 0 fully saturated rings. The van der Waals surface area contributed by atoms with Gasteiger partial charge in [-0.25, -0.2) is 23.1 Å². The first-order valence-corrected chi connectivity index (χ1v) is 8.94. The number of anilines is 2. The molecule has 2 heterocycles. The number of nitrogens with one attached hydrogen (secondary N) is 2. The van der Waals surface area contributed by atoms with Gasteiger partial charge in [0.05, 0.1) is 11.2 Å². The Balaban J connectivity index is 1.65. The third kappa shape index (κ3) is 4.54. The van der Waals surface area contributed by atoms with Crippen molar-refractivity contribution in [3.8, 4) is 0 Å². The fraction of sp³-hybridized carbons (Fsp3) is 0. The molecule has 26 heavy (non-hydrogen) atoms. The maximum Gasteiger partial charge on any atom is 0.264 e. The van der Waals surface area contributed by atoms with Crippen LogP contribution in [0.25, 0.3) is 6.08 Å². The van der Waals surface area contributed by atoms with Crippen LogP contribution in [0.1, 0.15) is 5.76 Å². The van der Waals surface area contributed by atoms with E-state index in [1.54, 1.807) is 18.2 Å². The molecule has 0 aliphatic carbocycles. The summed E-state index contributed by atoms with van der Waals surface area (Å²) in [5.41, 5.74) is 0.453. The van der Waals surface area contributed by atoms with E-state index in [2.05, 4.69) is 20.0 Å². The molecular formula is C17H14N4O4S. The van der Waals surface area contributed by atoms with Crippen molar-refractivity contribution < 1.29 is 17.6 Å². The molecule has 0 unspecified atom stereocenters. The predicted octanol–water partition coefficient (Wildman–Crippen LogP) is 2.52. The van der Waals surface area contributed by atoms with Gasteiger partial charge in [-0.3, -0.25) is 4.79 Å². The highest BCUT2D eigenvalue weighted by molar-refractivity contribution is 7.92. The average Bonchev–Trinajstić information content (AvgIpc) is 3.14. The molecule has 9 heteroatoms. The van der Waals surface area contributed by atoms with Crippen molar-refractivity contribution in [2.75, 3.05) is 10.0 Å². The van der Waals surface area contributed by atoms with Gasteiger partial charge in [0, 0.05) is 24.2 Å². The molecule has 132 valence electrons. The monoisotopic (exact) mass is 370 g/mol. The maximum atomic E-state index is 12.3. The van der Waals surface area contributed by atoms with Crippen LogP contribution in [-0.2, 0) is 14.8 Å². The number of hydrogen-bond acceptors (Lipinski definition) is 6. The Morgan fingerprint density at radius 3 is 2.42 bits per heavy atom. The summed E-state index contributed by atoms with van der Waals surface area (Å²) >= 11 is 0. The zero-order valence-electron chi connectivity index (χ0n) is 13.4. The van der Waals surface area contributed by atoms with Crippen LogP contribution in [0.15, 0.2) is 76.5 Å². The fourth-order valence-corrected chi connectivity index (χ4v) is 2.93. The summed E-state index contributed by atoms with van der Waals surface area (Å²) in [4.78, 5) is 19.5. The second kappa shape index (κ2) is 7.62. The normalized spacial score (nSPS) is 11.4. The lowest BCUT2D eigenvalue weighted by Gasteiger charge is -2.07. The number of furan rings is 1. The second-order valence-electron chi connectivity index (χ2n) is 5.04. The largest absolute Gasteiger partial charge is 0.465 e. The van der Waals surface area contributed by atoms with Gasteiger partial charge in [-0.15, -0.1) is 0 Å². The molecule has 0 aliphatic heterocycles. The second-order valence-corrected chi connectivity index (χ2v) is 6.72. The van der Waals surface area contributed by atoms with Gasteiger partial charge < -0.3 is 9.73 Å². The van der Waals surface area contributed by atoms with Gasteiger partial charge in [0.2, 0.25) is 11.9 Å². The number of nitrogens with zero attached hydrogens (tertiary/aromatic N) is 2. The SMILES string of the molecule is O=C(/C=C\c1ccco1)Nc1ccc(S(=O)(=O)Nc2ncccn2)cc1. The maximum absolute atomic E-state index is 12.3. The van der Waals surface area contributed by atoms with E-state index < -0.39 is 10.0 Å². The van der Waals surface area contributed by atoms with Crippen LogP contribution in [0.4, 0.5) is 11.6 Å².